The zero-order valence-corrected chi connectivity index (χ0v) is 13.2. The lowest BCUT2D eigenvalue weighted by molar-refractivity contribution is 0.716. The third-order valence-electron chi connectivity index (χ3n) is 3.13. The number of halogens is 1. The van der Waals surface area contributed by atoms with Crippen LogP contribution < -0.4 is 5.32 Å². The van der Waals surface area contributed by atoms with Crippen molar-refractivity contribution in [1.29, 1.82) is 0 Å². The summed E-state index contributed by atoms with van der Waals surface area (Å²) in [5.74, 6) is 2.43. The van der Waals surface area contributed by atoms with Crippen LogP contribution in [0.4, 0.5) is 0 Å². The molecule has 0 saturated carbocycles. The zero-order chi connectivity index (χ0) is 12.5. The second kappa shape index (κ2) is 5.55. The topological polar surface area (TPSA) is 12.0 Å². The number of rotatable bonds is 3. The second-order valence-corrected chi connectivity index (χ2v) is 7.88. The molecule has 96 valence electrons. The normalized spacial score (nSPS) is 16.6. The molecule has 2 aromatic rings. The minimum atomic E-state index is 0.248. The molecular formula is C13H14ClNS3. The van der Waals surface area contributed by atoms with Gasteiger partial charge in [-0.3, -0.25) is 0 Å². The van der Waals surface area contributed by atoms with Crippen LogP contribution in [0.3, 0.4) is 0 Å². The highest BCUT2D eigenvalue weighted by Gasteiger charge is 2.22. The summed E-state index contributed by atoms with van der Waals surface area (Å²) in [4.78, 5) is 4.19. The van der Waals surface area contributed by atoms with Crippen LogP contribution in [0.5, 0.6) is 0 Å². The first-order valence-electron chi connectivity index (χ1n) is 5.89. The highest BCUT2D eigenvalue weighted by atomic mass is 35.5. The molecular weight excluding hydrogens is 302 g/mol. The number of aryl methyl sites for hydroxylation is 1. The van der Waals surface area contributed by atoms with Crippen molar-refractivity contribution in [1.82, 2.24) is 5.32 Å². The van der Waals surface area contributed by atoms with Crippen LogP contribution in [-0.4, -0.2) is 12.8 Å². The summed E-state index contributed by atoms with van der Waals surface area (Å²) in [5.41, 5.74) is 1.53. The van der Waals surface area contributed by atoms with E-state index in [0.29, 0.717) is 0 Å². The first kappa shape index (κ1) is 13.0. The third kappa shape index (κ3) is 2.37. The Balaban J connectivity index is 1.97. The molecule has 3 heterocycles. The molecule has 0 aliphatic carbocycles. The Morgan fingerprint density at radius 2 is 2.33 bits per heavy atom. The van der Waals surface area contributed by atoms with Gasteiger partial charge in [0.2, 0.25) is 0 Å². The molecule has 1 N–H and O–H groups in total. The molecule has 18 heavy (non-hydrogen) atoms. The highest BCUT2D eigenvalue weighted by Crippen LogP contribution is 2.39. The smallest absolute Gasteiger partial charge is 0.0777 e. The third-order valence-corrected chi connectivity index (χ3v) is 6.86. The van der Waals surface area contributed by atoms with E-state index in [2.05, 4.69) is 16.8 Å². The van der Waals surface area contributed by atoms with Crippen LogP contribution in [0.15, 0.2) is 17.5 Å². The molecule has 5 heteroatoms. The standard InChI is InChI=1S/C13H14ClNS3/c1-15-12(13-9(14)2-5-17-13)11-6-8-7-16-4-3-10(8)18-11/h2,5-6,12,15H,3-4,7H2,1H3. The predicted octanol–water partition coefficient (Wildman–Crippen LogP) is 4.56. The largest absolute Gasteiger partial charge is 0.308 e. The van der Waals surface area contributed by atoms with Crippen molar-refractivity contribution in [2.24, 2.45) is 0 Å². The quantitative estimate of drug-likeness (QED) is 0.891. The van der Waals surface area contributed by atoms with Crippen LogP contribution >= 0.6 is 46.0 Å². The van der Waals surface area contributed by atoms with Crippen LogP contribution in [0.25, 0.3) is 0 Å². The number of fused-ring (bicyclic) bond motifs is 1. The summed E-state index contributed by atoms with van der Waals surface area (Å²) in [6.07, 6.45) is 1.22. The number of hydrogen-bond acceptors (Lipinski definition) is 4. The average molecular weight is 316 g/mol. The van der Waals surface area contributed by atoms with Gasteiger partial charge in [-0.25, -0.2) is 0 Å². The van der Waals surface area contributed by atoms with Gasteiger partial charge in [-0.1, -0.05) is 11.6 Å². The number of thiophene rings is 2. The predicted molar refractivity (Wildman–Crippen MR) is 84.4 cm³/mol. The summed E-state index contributed by atoms with van der Waals surface area (Å²) in [6, 6.07) is 4.59. The molecule has 0 fully saturated rings. The fraction of sp³-hybridized carbons (Fsp3) is 0.385. The molecule has 1 unspecified atom stereocenters. The van der Waals surface area contributed by atoms with E-state index in [1.54, 1.807) is 16.2 Å². The Morgan fingerprint density at radius 1 is 1.44 bits per heavy atom. The second-order valence-electron chi connectivity index (χ2n) is 4.25. The van der Waals surface area contributed by atoms with Gasteiger partial charge in [0.1, 0.15) is 0 Å². The van der Waals surface area contributed by atoms with Crippen molar-refractivity contribution in [2.45, 2.75) is 18.2 Å². The molecule has 0 spiro atoms. The first-order valence-corrected chi connectivity index (χ1v) is 9.12. The maximum Gasteiger partial charge on any atom is 0.0777 e. The Labute approximate surface area is 125 Å². The number of thioether (sulfide) groups is 1. The molecule has 2 aromatic heterocycles. The summed E-state index contributed by atoms with van der Waals surface area (Å²) in [7, 11) is 2.01. The lowest BCUT2D eigenvalue weighted by Gasteiger charge is -2.13. The van der Waals surface area contributed by atoms with Crippen LogP contribution in [0.1, 0.15) is 26.2 Å². The minimum absolute atomic E-state index is 0.248. The first-order chi connectivity index (χ1) is 8.79. The van der Waals surface area contributed by atoms with Gasteiger partial charge in [0.25, 0.3) is 0 Å². The fourth-order valence-corrected chi connectivity index (χ4v) is 6.09. The summed E-state index contributed by atoms with van der Waals surface area (Å²) in [5, 5.41) is 6.34. The van der Waals surface area contributed by atoms with Crippen molar-refractivity contribution in [3.8, 4) is 0 Å². The fourth-order valence-electron chi connectivity index (χ4n) is 2.23. The molecule has 0 saturated heterocycles. The van der Waals surface area contributed by atoms with Gasteiger partial charge in [0.05, 0.1) is 11.1 Å². The molecule has 1 aliphatic heterocycles. The Bertz CT molecular complexity index is 523. The van der Waals surface area contributed by atoms with Crippen molar-refractivity contribution >= 4 is 46.0 Å². The van der Waals surface area contributed by atoms with Crippen LogP contribution in [0.2, 0.25) is 5.02 Å². The van der Waals surface area contributed by atoms with Crippen molar-refractivity contribution in [2.75, 3.05) is 12.8 Å². The average Bonchev–Trinajstić information content (AvgIpc) is 2.97. The molecule has 1 aliphatic rings. The molecule has 3 rings (SSSR count). The van der Waals surface area contributed by atoms with Gasteiger partial charge in [-0.05, 0) is 42.3 Å². The van der Waals surface area contributed by atoms with Gasteiger partial charge >= 0.3 is 0 Å². The molecule has 0 bridgehead atoms. The van der Waals surface area contributed by atoms with Gasteiger partial charge in [-0.15, -0.1) is 22.7 Å². The molecule has 1 atom stereocenters. The lowest BCUT2D eigenvalue weighted by Crippen LogP contribution is -2.15. The van der Waals surface area contributed by atoms with Gasteiger partial charge < -0.3 is 5.32 Å². The van der Waals surface area contributed by atoms with E-state index >= 15 is 0 Å². The Kier molecular flexibility index (Phi) is 4.01. The molecule has 0 amide bonds. The molecule has 0 aromatic carbocycles. The zero-order valence-electron chi connectivity index (χ0n) is 10.0. The SMILES string of the molecule is CNC(c1cc2c(s1)CCSC2)c1sccc1Cl. The van der Waals surface area contributed by atoms with E-state index in [-0.39, 0.29) is 6.04 Å². The summed E-state index contributed by atoms with van der Waals surface area (Å²) >= 11 is 12.0. The maximum atomic E-state index is 6.26. The Hall–Kier alpha value is -0.000000000000000167. The molecule has 1 nitrogen and oxygen atoms in total. The van der Waals surface area contributed by atoms with Crippen molar-refractivity contribution < 1.29 is 0 Å². The van der Waals surface area contributed by atoms with Crippen molar-refractivity contribution in [3.63, 3.8) is 0 Å². The lowest BCUT2D eigenvalue weighted by atomic mass is 10.1. The Morgan fingerprint density at radius 3 is 3.00 bits per heavy atom. The van der Waals surface area contributed by atoms with Gasteiger partial charge in [-0.2, -0.15) is 11.8 Å². The van der Waals surface area contributed by atoms with E-state index in [4.69, 9.17) is 11.6 Å². The summed E-state index contributed by atoms with van der Waals surface area (Å²) < 4.78 is 0. The van der Waals surface area contributed by atoms with Crippen LogP contribution in [-0.2, 0) is 12.2 Å². The van der Waals surface area contributed by atoms with E-state index in [9.17, 15) is 0 Å². The van der Waals surface area contributed by atoms with E-state index < -0.39 is 0 Å². The van der Waals surface area contributed by atoms with Crippen LogP contribution in [0, 0.1) is 0 Å². The monoisotopic (exact) mass is 315 g/mol. The summed E-state index contributed by atoms with van der Waals surface area (Å²) in [6.45, 7) is 0. The van der Waals surface area contributed by atoms with Crippen molar-refractivity contribution in [3.05, 3.63) is 42.7 Å². The molecule has 0 radical (unpaired) electrons. The van der Waals surface area contributed by atoms with E-state index in [1.807, 2.05) is 36.2 Å². The number of hydrogen-bond donors (Lipinski definition) is 1. The highest BCUT2D eigenvalue weighted by molar-refractivity contribution is 7.98. The number of nitrogens with one attached hydrogen (secondary N) is 1. The maximum absolute atomic E-state index is 6.26. The van der Waals surface area contributed by atoms with Gasteiger partial charge in [0, 0.05) is 20.4 Å². The van der Waals surface area contributed by atoms with E-state index in [0.717, 1.165) is 5.02 Å². The van der Waals surface area contributed by atoms with E-state index in [1.165, 1.54) is 33.2 Å². The van der Waals surface area contributed by atoms with Gasteiger partial charge in [0.15, 0.2) is 0 Å². The minimum Gasteiger partial charge on any atom is -0.308 e.